The Labute approximate surface area is 102 Å². The van der Waals surface area contributed by atoms with Crippen LogP contribution in [0.3, 0.4) is 0 Å². The van der Waals surface area contributed by atoms with Gasteiger partial charge in [-0.25, -0.2) is 0 Å². The van der Waals surface area contributed by atoms with E-state index in [2.05, 4.69) is 5.73 Å². The summed E-state index contributed by atoms with van der Waals surface area (Å²) in [6.45, 7) is 0. The Morgan fingerprint density at radius 2 is 1.58 bits per heavy atom. The molecule has 1 aromatic rings. The highest BCUT2D eigenvalue weighted by Crippen LogP contribution is 2.40. The molecule has 0 saturated carbocycles. The zero-order valence-corrected chi connectivity index (χ0v) is 8.89. The monoisotopic (exact) mass is 285 g/mol. The molecule has 0 bridgehead atoms. The van der Waals surface area contributed by atoms with E-state index < -0.39 is 46.8 Å². The molecule has 9 heteroatoms. The van der Waals surface area contributed by atoms with E-state index in [9.17, 15) is 35.9 Å². The van der Waals surface area contributed by atoms with Crippen LogP contribution < -0.4 is 5.73 Å². The van der Waals surface area contributed by atoms with Gasteiger partial charge in [0.1, 0.15) is 0 Å². The highest BCUT2D eigenvalue weighted by atomic mass is 19.4. The summed E-state index contributed by atoms with van der Waals surface area (Å²) in [6, 6.07) is 0.500. The average molecular weight is 285 g/mol. The number of nitrogens with two attached hydrogens (primary N) is 1. The van der Waals surface area contributed by atoms with E-state index in [1.165, 1.54) is 0 Å². The number of halogens is 6. The molecule has 0 aromatic heterocycles. The van der Waals surface area contributed by atoms with Crippen LogP contribution in [0, 0.1) is 0 Å². The van der Waals surface area contributed by atoms with Crippen LogP contribution in [-0.2, 0) is 12.4 Å². The smallest absolute Gasteiger partial charge is 0.366 e. The third-order valence-corrected chi connectivity index (χ3v) is 2.22. The maximum atomic E-state index is 12.7. The van der Waals surface area contributed by atoms with Gasteiger partial charge in [0.2, 0.25) is 5.91 Å². The van der Waals surface area contributed by atoms with Crippen molar-refractivity contribution in [2.45, 2.75) is 12.4 Å². The minimum absolute atomic E-state index is 0.207. The van der Waals surface area contributed by atoms with Crippen LogP contribution in [0.15, 0.2) is 12.1 Å². The molecule has 0 radical (unpaired) electrons. The Bertz CT molecular complexity index is 532. The summed E-state index contributed by atoms with van der Waals surface area (Å²) in [5.74, 6) is -1.58. The molecule has 0 aliphatic rings. The van der Waals surface area contributed by atoms with Crippen molar-refractivity contribution in [1.82, 2.24) is 0 Å². The van der Waals surface area contributed by atoms with E-state index in [1.807, 2.05) is 0 Å². The Morgan fingerprint density at radius 3 is 1.89 bits per heavy atom. The summed E-state index contributed by atoms with van der Waals surface area (Å²) < 4.78 is 75.6. The topological polar surface area (TPSA) is 60.2 Å². The first-order chi connectivity index (χ1) is 8.50. The van der Waals surface area contributed by atoms with Crippen molar-refractivity contribution < 1.29 is 35.9 Å². The predicted molar refractivity (Wildman–Crippen MR) is 50.4 cm³/mol. The van der Waals surface area contributed by atoms with Crippen LogP contribution in [0.2, 0.25) is 0 Å². The van der Waals surface area contributed by atoms with Crippen LogP contribution >= 0.6 is 0 Å². The van der Waals surface area contributed by atoms with Crippen LogP contribution in [0.1, 0.15) is 31.8 Å². The van der Waals surface area contributed by atoms with Crippen molar-refractivity contribution in [2.75, 3.05) is 0 Å². The molecule has 19 heavy (non-hydrogen) atoms. The van der Waals surface area contributed by atoms with Crippen molar-refractivity contribution in [3.05, 3.63) is 34.4 Å². The number of hydrogen-bond donors (Lipinski definition) is 1. The Hall–Kier alpha value is -2.06. The number of benzene rings is 1. The van der Waals surface area contributed by atoms with E-state index in [4.69, 9.17) is 0 Å². The number of primary amides is 1. The fourth-order valence-corrected chi connectivity index (χ4v) is 1.50. The second-order valence-electron chi connectivity index (χ2n) is 3.43. The van der Waals surface area contributed by atoms with Crippen molar-refractivity contribution in [3.8, 4) is 0 Å². The van der Waals surface area contributed by atoms with E-state index in [0.717, 1.165) is 0 Å². The molecule has 0 saturated heterocycles. The molecule has 0 spiro atoms. The molecule has 1 rings (SSSR count). The first-order valence-corrected chi connectivity index (χ1v) is 4.56. The fourth-order valence-electron chi connectivity index (χ4n) is 1.50. The molecule has 2 N–H and O–H groups in total. The average Bonchev–Trinajstić information content (AvgIpc) is 2.24. The van der Waals surface area contributed by atoms with E-state index in [-0.39, 0.29) is 6.07 Å². The van der Waals surface area contributed by atoms with Gasteiger partial charge in [-0.1, -0.05) is 0 Å². The molecule has 1 aromatic carbocycles. The molecular formula is C10H5F6NO2. The van der Waals surface area contributed by atoms with Gasteiger partial charge in [-0.05, 0) is 12.1 Å². The number of carbonyl (C=O) groups is 2. The van der Waals surface area contributed by atoms with Gasteiger partial charge >= 0.3 is 12.4 Å². The molecule has 3 nitrogen and oxygen atoms in total. The van der Waals surface area contributed by atoms with Gasteiger partial charge in [0, 0.05) is 5.56 Å². The van der Waals surface area contributed by atoms with Crippen LogP contribution in [0.4, 0.5) is 26.3 Å². The summed E-state index contributed by atoms with van der Waals surface area (Å²) in [7, 11) is 0. The molecule has 0 aliphatic heterocycles. The second kappa shape index (κ2) is 4.56. The number of rotatable bonds is 2. The lowest BCUT2D eigenvalue weighted by Crippen LogP contribution is -2.23. The van der Waals surface area contributed by atoms with Gasteiger partial charge in [0.25, 0.3) is 0 Å². The van der Waals surface area contributed by atoms with Gasteiger partial charge in [-0.15, -0.1) is 0 Å². The summed E-state index contributed by atoms with van der Waals surface area (Å²) >= 11 is 0. The highest BCUT2D eigenvalue weighted by molar-refractivity contribution is 5.97. The standard InChI is InChI=1S/C10H5F6NO2/c11-9(12,13)6-2-1-4(8(17)19)7(5(6)3-18)10(14,15)16/h1-3H,(H2,17,19). The maximum absolute atomic E-state index is 12.7. The second-order valence-corrected chi connectivity index (χ2v) is 3.43. The first-order valence-electron chi connectivity index (χ1n) is 4.56. The van der Waals surface area contributed by atoms with Crippen molar-refractivity contribution in [3.63, 3.8) is 0 Å². The van der Waals surface area contributed by atoms with Crippen molar-refractivity contribution in [2.24, 2.45) is 5.73 Å². The van der Waals surface area contributed by atoms with Gasteiger partial charge in [-0.3, -0.25) is 9.59 Å². The van der Waals surface area contributed by atoms with E-state index >= 15 is 0 Å². The Kier molecular flexibility index (Phi) is 3.60. The molecule has 0 heterocycles. The van der Waals surface area contributed by atoms with Gasteiger partial charge in [0.15, 0.2) is 6.29 Å². The molecule has 0 atom stereocenters. The van der Waals surface area contributed by atoms with Crippen LogP contribution in [0.25, 0.3) is 0 Å². The molecule has 0 fully saturated rings. The van der Waals surface area contributed by atoms with Crippen molar-refractivity contribution >= 4 is 12.2 Å². The third-order valence-electron chi connectivity index (χ3n) is 2.22. The normalized spacial score (nSPS) is 12.3. The van der Waals surface area contributed by atoms with Crippen LogP contribution in [-0.4, -0.2) is 12.2 Å². The summed E-state index contributed by atoms with van der Waals surface area (Å²) in [4.78, 5) is 21.4. The first kappa shape index (κ1) is 15.0. The zero-order chi connectivity index (χ0) is 15.0. The van der Waals surface area contributed by atoms with Gasteiger partial charge in [0.05, 0.1) is 16.7 Å². The largest absolute Gasteiger partial charge is 0.417 e. The number of alkyl halides is 6. The lowest BCUT2D eigenvalue weighted by Gasteiger charge is -2.17. The molecule has 1 amide bonds. The predicted octanol–water partition coefficient (Wildman–Crippen LogP) is 2.64. The zero-order valence-electron chi connectivity index (χ0n) is 8.89. The van der Waals surface area contributed by atoms with E-state index in [1.54, 1.807) is 0 Å². The fraction of sp³-hybridized carbons (Fsp3) is 0.200. The number of amides is 1. The summed E-state index contributed by atoms with van der Waals surface area (Å²) in [5, 5.41) is 0. The minimum Gasteiger partial charge on any atom is -0.366 e. The van der Waals surface area contributed by atoms with Gasteiger partial charge < -0.3 is 5.73 Å². The molecule has 0 unspecified atom stereocenters. The number of aldehydes is 1. The molecule has 0 aliphatic carbocycles. The molecule has 104 valence electrons. The van der Waals surface area contributed by atoms with Crippen molar-refractivity contribution in [1.29, 1.82) is 0 Å². The molecular weight excluding hydrogens is 280 g/mol. The minimum atomic E-state index is -5.32. The Morgan fingerprint density at radius 1 is 1.05 bits per heavy atom. The number of hydrogen-bond acceptors (Lipinski definition) is 2. The summed E-state index contributed by atoms with van der Waals surface area (Å²) in [5.41, 5.74) is -1.95. The maximum Gasteiger partial charge on any atom is 0.417 e. The highest BCUT2D eigenvalue weighted by Gasteiger charge is 2.43. The quantitative estimate of drug-likeness (QED) is 0.670. The third kappa shape index (κ3) is 2.85. The lowest BCUT2D eigenvalue weighted by atomic mass is 9.95. The number of carbonyl (C=O) groups excluding carboxylic acids is 2. The Balaban J connectivity index is 3.80. The SMILES string of the molecule is NC(=O)c1ccc(C(F)(F)F)c(C=O)c1C(F)(F)F. The van der Waals surface area contributed by atoms with E-state index in [0.29, 0.717) is 6.07 Å². The van der Waals surface area contributed by atoms with Gasteiger partial charge in [-0.2, -0.15) is 26.3 Å². The van der Waals surface area contributed by atoms with Crippen LogP contribution in [0.5, 0.6) is 0 Å². The summed E-state index contributed by atoms with van der Waals surface area (Å²) in [6.07, 6.45) is -11.1. The lowest BCUT2D eigenvalue weighted by molar-refractivity contribution is -0.143.